The van der Waals surface area contributed by atoms with Gasteiger partial charge < -0.3 is 9.32 Å². The van der Waals surface area contributed by atoms with E-state index in [2.05, 4.69) is 10.2 Å². The highest BCUT2D eigenvalue weighted by Crippen LogP contribution is 2.15. The van der Waals surface area contributed by atoms with Crippen molar-refractivity contribution in [3.8, 4) is 0 Å². The molecule has 138 valence electrons. The van der Waals surface area contributed by atoms with Gasteiger partial charge in [-0.15, -0.1) is 0 Å². The molecule has 0 N–H and O–H groups in total. The molecule has 0 saturated heterocycles. The van der Waals surface area contributed by atoms with Crippen molar-refractivity contribution in [3.63, 3.8) is 0 Å². The first-order valence-electron chi connectivity index (χ1n) is 8.75. The molecule has 26 heavy (non-hydrogen) atoms. The van der Waals surface area contributed by atoms with E-state index in [0.29, 0.717) is 24.6 Å². The van der Waals surface area contributed by atoms with Crippen LogP contribution < -0.4 is 0 Å². The van der Waals surface area contributed by atoms with Crippen molar-refractivity contribution in [2.45, 2.75) is 47.3 Å². The van der Waals surface area contributed by atoms with E-state index in [1.54, 1.807) is 18.0 Å². The Morgan fingerprint density at radius 3 is 2.62 bits per heavy atom. The maximum absolute atomic E-state index is 12.7. The van der Waals surface area contributed by atoms with Crippen LogP contribution in [0.25, 0.3) is 0 Å². The van der Waals surface area contributed by atoms with Crippen molar-refractivity contribution in [2.24, 2.45) is 0 Å². The zero-order chi connectivity index (χ0) is 18.8. The number of aryl methyl sites for hydroxylation is 4. The predicted octanol–water partition coefficient (Wildman–Crippen LogP) is 2.94. The highest BCUT2D eigenvalue weighted by atomic mass is 16.4. The van der Waals surface area contributed by atoms with E-state index in [-0.39, 0.29) is 5.91 Å². The second-order valence-corrected chi connectivity index (χ2v) is 6.61. The number of hydrogen-bond donors (Lipinski definition) is 0. The topological polar surface area (TPSA) is 69.1 Å². The van der Waals surface area contributed by atoms with Gasteiger partial charge in [0, 0.05) is 37.6 Å². The lowest BCUT2D eigenvalue weighted by atomic mass is 10.2. The van der Waals surface area contributed by atoms with Crippen molar-refractivity contribution >= 4 is 5.91 Å². The molecule has 3 heterocycles. The standard InChI is InChI=1S/C19H25N5O2/c1-6-23-11-16(15(4)21-23)10-22(5)19(25)18-8-7-17(26-18)12-24-14(3)9-13(2)20-24/h7-9,11H,6,10,12H2,1-5H3. The van der Waals surface area contributed by atoms with Crippen LogP contribution in [0.15, 0.2) is 28.8 Å². The summed E-state index contributed by atoms with van der Waals surface area (Å²) < 4.78 is 9.50. The van der Waals surface area contributed by atoms with Crippen LogP contribution in [0.2, 0.25) is 0 Å². The summed E-state index contributed by atoms with van der Waals surface area (Å²) in [5, 5.41) is 8.84. The summed E-state index contributed by atoms with van der Waals surface area (Å²) in [6.07, 6.45) is 1.98. The summed E-state index contributed by atoms with van der Waals surface area (Å²) in [5.41, 5.74) is 4.01. The van der Waals surface area contributed by atoms with Crippen LogP contribution in [0.1, 0.15) is 45.9 Å². The molecule has 0 unspecified atom stereocenters. The number of carbonyl (C=O) groups is 1. The lowest BCUT2D eigenvalue weighted by Crippen LogP contribution is -2.26. The lowest BCUT2D eigenvalue weighted by Gasteiger charge is -2.15. The van der Waals surface area contributed by atoms with Gasteiger partial charge in [-0.2, -0.15) is 10.2 Å². The van der Waals surface area contributed by atoms with Gasteiger partial charge in [0.1, 0.15) is 5.76 Å². The van der Waals surface area contributed by atoms with Crippen LogP contribution in [0, 0.1) is 20.8 Å². The highest BCUT2D eigenvalue weighted by molar-refractivity contribution is 5.91. The Hall–Kier alpha value is -2.83. The molecule has 0 aliphatic heterocycles. The minimum Gasteiger partial charge on any atom is -0.454 e. The molecule has 0 aliphatic carbocycles. The van der Waals surface area contributed by atoms with Gasteiger partial charge in [0.25, 0.3) is 5.91 Å². The highest BCUT2D eigenvalue weighted by Gasteiger charge is 2.18. The third-order valence-electron chi connectivity index (χ3n) is 4.41. The molecule has 0 radical (unpaired) electrons. The van der Waals surface area contributed by atoms with Gasteiger partial charge >= 0.3 is 0 Å². The zero-order valence-corrected chi connectivity index (χ0v) is 16.0. The monoisotopic (exact) mass is 355 g/mol. The molecule has 3 aromatic heterocycles. The van der Waals surface area contributed by atoms with Gasteiger partial charge in [-0.1, -0.05) is 0 Å². The number of furan rings is 1. The maximum atomic E-state index is 12.7. The lowest BCUT2D eigenvalue weighted by molar-refractivity contribution is 0.0751. The molecule has 0 fully saturated rings. The molecule has 0 atom stereocenters. The van der Waals surface area contributed by atoms with E-state index < -0.39 is 0 Å². The van der Waals surface area contributed by atoms with Crippen molar-refractivity contribution in [2.75, 3.05) is 7.05 Å². The summed E-state index contributed by atoms with van der Waals surface area (Å²) in [7, 11) is 1.77. The van der Waals surface area contributed by atoms with Crippen molar-refractivity contribution in [1.29, 1.82) is 0 Å². The first kappa shape index (κ1) is 18.0. The van der Waals surface area contributed by atoms with Gasteiger partial charge in [0.05, 0.1) is 17.9 Å². The fourth-order valence-electron chi connectivity index (χ4n) is 2.95. The van der Waals surface area contributed by atoms with Gasteiger partial charge in [-0.3, -0.25) is 14.2 Å². The van der Waals surface area contributed by atoms with Gasteiger partial charge in [0.15, 0.2) is 5.76 Å². The maximum Gasteiger partial charge on any atom is 0.289 e. The van der Waals surface area contributed by atoms with Crippen LogP contribution in [0.5, 0.6) is 0 Å². The largest absolute Gasteiger partial charge is 0.454 e. The average molecular weight is 355 g/mol. The summed E-state index contributed by atoms with van der Waals surface area (Å²) in [6.45, 7) is 9.78. The fourth-order valence-corrected chi connectivity index (χ4v) is 2.95. The van der Waals surface area contributed by atoms with E-state index in [0.717, 1.165) is 29.2 Å². The molecule has 7 nitrogen and oxygen atoms in total. The van der Waals surface area contributed by atoms with Gasteiger partial charge in [-0.05, 0) is 45.9 Å². The Labute approximate surface area is 153 Å². The average Bonchev–Trinajstić information content (AvgIpc) is 3.28. The molecule has 0 aromatic carbocycles. The van der Waals surface area contributed by atoms with Crippen LogP contribution in [-0.4, -0.2) is 37.4 Å². The fraction of sp³-hybridized carbons (Fsp3) is 0.421. The number of hydrogen-bond acceptors (Lipinski definition) is 4. The summed E-state index contributed by atoms with van der Waals surface area (Å²) in [6, 6.07) is 5.57. The Bertz CT molecular complexity index is 918. The Morgan fingerprint density at radius 1 is 1.23 bits per heavy atom. The van der Waals surface area contributed by atoms with Crippen molar-refractivity contribution in [1.82, 2.24) is 24.5 Å². The predicted molar refractivity (Wildman–Crippen MR) is 97.9 cm³/mol. The zero-order valence-electron chi connectivity index (χ0n) is 16.0. The van der Waals surface area contributed by atoms with Crippen LogP contribution >= 0.6 is 0 Å². The van der Waals surface area contributed by atoms with Crippen LogP contribution in [0.3, 0.4) is 0 Å². The third-order valence-corrected chi connectivity index (χ3v) is 4.41. The first-order chi connectivity index (χ1) is 12.4. The SMILES string of the molecule is CCn1cc(CN(C)C(=O)c2ccc(Cn3nc(C)cc3C)o2)c(C)n1. The number of rotatable bonds is 6. The van der Waals surface area contributed by atoms with E-state index in [4.69, 9.17) is 4.42 Å². The Balaban J connectivity index is 1.68. The molecule has 0 aliphatic rings. The second kappa shape index (κ2) is 7.19. The molecule has 0 bridgehead atoms. The van der Waals surface area contributed by atoms with Gasteiger partial charge in [0.2, 0.25) is 0 Å². The van der Waals surface area contributed by atoms with Gasteiger partial charge in [-0.25, -0.2) is 0 Å². The first-order valence-corrected chi connectivity index (χ1v) is 8.75. The van der Waals surface area contributed by atoms with Crippen molar-refractivity contribution in [3.05, 3.63) is 58.6 Å². The molecule has 3 aromatic rings. The minimum absolute atomic E-state index is 0.145. The molecular weight excluding hydrogens is 330 g/mol. The van der Waals surface area contributed by atoms with E-state index in [1.807, 2.05) is 55.4 Å². The Morgan fingerprint density at radius 2 is 2.00 bits per heavy atom. The molecule has 7 heteroatoms. The molecule has 1 amide bonds. The number of aromatic nitrogens is 4. The Kier molecular flexibility index (Phi) is 4.97. The normalized spacial score (nSPS) is 11.1. The number of nitrogens with zero attached hydrogens (tertiary/aromatic N) is 5. The third kappa shape index (κ3) is 3.71. The molecular formula is C19H25N5O2. The minimum atomic E-state index is -0.145. The van der Waals surface area contributed by atoms with E-state index in [1.165, 1.54) is 0 Å². The van der Waals surface area contributed by atoms with Crippen LogP contribution in [0.4, 0.5) is 0 Å². The smallest absolute Gasteiger partial charge is 0.289 e. The number of amides is 1. The van der Waals surface area contributed by atoms with Crippen molar-refractivity contribution < 1.29 is 9.21 Å². The molecule has 0 spiro atoms. The summed E-state index contributed by atoms with van der Waals surface area (Å²) >= 11 is 0. The summed E-state index contributed by atoms with van der Waals surface area (Å²) in [5.74, 6) is 0.903. The molecule has 3 rings (SSSR count). The summed E-state index contributed by atoms with van der Waals surface area (Å²) in [4.78, 5) is 14.3. The van der Waals surface area contributed by atoms with E-state index in [9.17, 15) is 4.79 Å². The second-order valence-electron chi connectivity index (χ2n) is 6.61. The quantitative estimate of drug-likeness (QED) is 0.682. The molecule has 0 saturated carbocycles. The van der Waals surface area contributed by atoms with E-state index >= 15 is 0 Å². The number of carbonyl (C=O) groups excluding carboxylic acids is 1. The van der Waals surface area contributed by atoms with Crippen LogP contribution in [-0.2, 0) is 19.6 Å².